The van der Waals surface area contributed by atoms with Crippen molar-refractivity contribution in [3.05, 3.63) is 23.9 Å². The maximum atomic E-state index is 12.9. The second-order valence-corrected chi connectivity index (χ2v) is 6.80. The van der Waals surface area contributed by atoms with Crippen LogP contribution in [0.25, 0.3) is 11.5 Å². The van der Waals surface area contributed by atoms with E-state index in [9.17, 15) is 13.2 Å². The fourth-order valence-electron chi connectivity index (χ4n) is 3.28. The molecule has 2 aromatic heterocycles. The summed E-state index contributed by atoms with van der Waals surface area (Å²) < 4.78 is 38.8. The molecule has 0 saturated heterocycles. The standard InChI is InChI=1S/C17H19F3N6/c18-17(19,20)13-9-3-8-12(22-13)14-23-15(21)25-16(24-14)26(10-4-1-5-10)11-6-2-7-11/h3,8-11H,1-2,4-7H2,(H2,21,23,24,25). The number of alkyl halides is 3. The predicted molar refractivity (Wildman–Crippen MR) is 90.2 cm³/mol. The average molecular weight is 364 g/mol. The van der Waals surface area contributed by atoms with Gasteiger partial charge in [0.05, 0.1) is 0 Å². The van der Waals surface area contributed by atoms with Gasteiger partial charge in [-0.3, -0.25) is 0 Å². The smallest absolute Gasteiger partial charge is 0.368 e. The number of halogens is 3. The van der Waals surface area contributed by atoms with Crippen molar-refractivity contribution >= 4 is 11.9 Å². The van der Waals surface area contributed by atoms with E-state index in [-0.39, 0.29) is 17.5 Å². The minimum atomic E-state index is -4.53. The predicted octanol–water partition coefficient (Wildman–Crippen LogP) is 3.45. The minimum Gasteiger partial charge on any atom is -0.368 e. The Balaban J connectivity index is 1.72. The Bertz CT molecular complexity index is 787. The molecule has 0 radical (unpaired) electrons. The van der Waals surface area contributed by atoms with E-state index in [1.165, 1.54) is 12.1 Å². The lowest BCUT2D eigenvalue weighted by atomic mass is 9.85. The Hall–Kier alpha value is -2.45. The SMILES string of the molecule is Nc1nc(-c2cccc(C(F)(F)F)n2)nc(N(C2CCC2)C2CCC2)n1. The van der Waals surface area contributed by atoms with Crippen molar-refractivity contribution in [2.24, 2.45) is 0 Å². The topological polar surface area (TPSA) is 80.8 Å². The van der Waals surface area contributed by atoms with E-state index in [0.29, 0.717) is 18.0 Å². The molecule has 2 heterocycles. The van der Waals surface area contributed by atoms with Crippen molar-refractivity contribution in [3.63, 3.8) is 0 Å². The number of hydrogen-bond acceptors (Lipinski definition) is 6. The molecule has 2 aliphatic rings. The van der Waals surface area contributed by atoms with Crippen molar-refractivity contribution in [2.45, 2.75) is 56.8 Å². The largest absolute Gasteiger partial charge is 0.433 e. The monoisotopic (exact) mass is 364 g/mol. The molecule has 6 nitrogen and oxygen atoms in total. The number of rotatable bonds is 4. The highest BCUT2D eigenvalue weighted by Gasteiger charge is 2.36. The summed E-state index contributed by atoms with van der Waals surface area (Å²) in [6, 6.07) is 4.39. The molecular weight excluding hydrogens is 345 g/mol. The van der Waals surface area contributed by atoms with Gasteiger partial charge in [0.25, 0.3) is 0 Å². The Kier molecular flexibility index (Phi) is 4.16. The van der Waals surface area contributed by atoms with Gasteiger partial charge in [0.2, 0.25) is 11.9 Å². The van der Waals surface area contributed by atoms with Gasteiger partial charge in [-0.15, -0.1) is 0 Å². The molecule has 0 aliphatic heterocycles. The van der Waals surface area contributed by atoms with Crippen LogP contribution in [0.15, 0.2) is 18.2 Å². The van der Waals surface area contributed by atoms with Gasteiger partial charge < -0.3 is 10.6 Å². The molecule has 138 valence electrons. The Morgan fingerprint density at radius 3 is 2.12 bits per heavy atom. The van der Waals surface area contributed by atoms with Gasteiger partial charge >= 0.3 is 6.18 Å². The quantitative estimate of drug-likeness (QED) is 0.895. The van der Waals surface area contributed by atoms with Gasteiger partial charge in [0, 0.05) is 12.1 Å². The molecule has 9 heteroatoms. The van der Waals surface area contributed by atoms with Gasteiger partial charge in [-0.2, -0.15) is 28.1 Å². The van der Waals surface area contributed by atoms with Crippen molar-refractivity contribution in [1.82, 2.24) is 19.9 Å². The third-order valence-electron chi connectivity index (χ3n) is 5.08. The van der Waals surface area contributed by atoms with Crippen LogP contribution < -0.4 is 10.6 Å². The number of nitrogens with two attached hydrogens (primary N) is 1. The van der Waals surface area contributed by atoms with Crippen LogP contribution in [0, 0.1) is 0 Å². The lowest BCUT2D eigenvalue weighted by Crippen LogP contribution is -2.50. The molecule has 0 amide bonds. The van der Waals surface area contributed by atoms with E-state index < -0.39 is 11.9 Å². The van der Waals surface area contributed by atoms with Crippen LogP contribution >= 0.6 is 0 Å². The van der Waals surface area contributed by atoms with Gasteiger partial charge in [0.1, 0.15) is 11.4 Å². The van der Waals surface area contributed by atoms with E-state index in [1.807, 2.05) is 0 Å². The highest BCUT2D eigenvalue weighted by molar-refractivity contribution is 5.54. The van der Waals surface area contributed by atoms with Gasteiger partial charge in [0.15, 0.2) is 5.82 Å². The number of aromatic nitrogens is 4. The maximum Gasteiger partial charge on any atom is 0.433 e. The molecule has 2 aliphatic carbocycles. The van der Waals surface area contributed by atoms with Gasteiger partial charge in [-0.05, 0) is 50.7 Å². The van der Waals surface area contributed by atoms with Crippen molar-refractivity contribution in [3.8, 4) is 11.5 Å². The summed E-state index contributed by atoms with van der Waals surface area (Å²) in [5.41, 5.74) is 4.90. The Labute approximate surface area is 148 Å². The zero-order valence-corrected chi connectivity index (χ0v) is 14.1. The normalized spacial score (nSPS) is 18.3. The zero-order chi connectivity index (χ0) is 18.3. The second kappa shape index (κ2) is 6.37. The van der Waals surface area contributed by atoms with Gasteiger partial charge in [-0.25, -0.2) is 4.98 Å². The third-order valence-corrected chi connectivity index (χ3v) is 5.08. The fraction of sp³-hybridized carbons (Fsp3) is 0.529. The fourth-order valence-corrected chi connectivity index (χ4v) is 3.28. The second-order valence-electron chi connectivity index (χ2n) is 6.80. The number of hydrogen-bond donors (Lipinski definition) is 1. The summed E-state index contributed by atoms with van der Waals surface area (Å²) in [6.45, 7) is 0. The first-order valence-corrected chi connectivity index (χ1v) is 8.76. The molecule has 0 aromatic carbocycles. The lowest BCUT2D eigenvalue weighted by Gasteiger charge is -2.46. The summed E-state index contributed by atoms with van der Waals surface area (Å²) in [5, 5.41) is 0. The summed E-state index contributed by atoms with van der Waals surface area (Å²) in [6.07, 6.45) is 2.07. The first-order valence-electron chi connectivity index (χ1n) is 8.76. The van der Waals surface area contributed by atoms with Crippen LogP contribution in [0.1, 0.15) is 44.2 Å². The average Bonchev–Trinajstić information content (AvgIpc) is 2.49. The van der Waals surface area contributed by atoms with Crippen LogP contribution in [-0.4, -0.2) is 32.0 Å². The molecule has 2 N–H and O–H groups in total. The van der Waals surface area contributed by atoms with E-state index in [2.05, 4.69) is 24.8 Å². The maximum absolute atomic E-state index is 12.9. The molecule has 0 unspecified atom stereocenters. The van der Waals surface area contributed by atoms with E-state index >= 15 is 0 Å². The number of anilines is 2. The van der Waals surface area contributed by atoms with Crippen molar-refractivity contribution in [2.75, 3.05) is 10.6 Å². The molecular formula is C17H19F3N6. The first-order chi connectivity index (χ1) is 12.4. The summed E-state index contributed by atoms with van der Waals surface area (Å²) in [4.78, 5) is 18.6. The molecule has 2 saturated carbocycles. The summed E-state index contributed by atoms with van der Waals surface area (Å²) >= 11 is 0. The molecule has 0 spiro atoms. The van der Waals surface area contributed by atoms with Crippen molar-refractivity contribution < 1.29 is 13.2 Å². The van der Waals surface area contributed by atoms with Crippen LogP contribution in [0.2, 0.25) is 0 Å². The molecule has 0 bridgehead atoms. The summed E-state index contributed by atoms with van der Waals surface area (Å²) in [7, 11) is 0. The van der Waals surface area contributed by atoms with E-state index in [0.717, 1.165) is 44.6 Å². The van der Waals surface area contributed by atoms with Crippen LogP contribution in [0.4, 0.5) is 25.1 Å². The summed E-state index contributed by atoms with van der Waals surface area (Å²) in [5.74, 6) is 0.510. The Morgan fingerprint density at radius 2 is 1.58 bits per heavy atom. The van der Waals surface area contributed by atoms with E-state index in [1.54, 1.807) is 0 Å². The Morgan fingerprint density at radius 1 is 0.923 bits per heavy atom. The first kappa shape index (κ1) is 17.0. The number of nitrogen functional groups attached to an aromatic ring is 1. The number of pyridine rings is 1. The minimum absolute atomic E-state index is 0.00661. The molecule has 26 heavy (non-hydrogen) atoms. The third kappa shape index (κ3) is 3.17. The van der Waals surface area contributed by atoms with Crippen molar-refractivity contribution in [1.29, 1.82) is 0 Å². The molecule has 2 fully saturated rings. The highest BCUT2D eigenvalue weighted by Crippen LogP contribution is 2.36. The van der Waals surface area contributed by atoms with Gasteiger partial charge in [-0.1, -0.05) is 6.07 Å². The number of nitrogens with zero attached hydrogens (tertiary/aromatic N) is 5. The van der Waals surface area contributed by atoms with Crippen LogP contribution in [-0.2, 0) is 6.18 Å². The van der Waals surface area contributed by atoms with E-state index in [4.69, 9.17) is 5.73 Å². The van der Waals surface area contributed by atoms with Crippen LogP contribution in [0.3, 0.4) is 0 Å². The highest BCUT2D eigenvalue weighted by atomic mass is 19.4. The van der Waals surface area contributed by atoms with Crippen LogP contribution in [0.5, 0.6) is 0 Å². The molecule has 2 aromatic rings. The zero-order valence-electron chi connectivity index (χ0n) is 14.1. The molecule has 4 rings (SSSR count). The molecule has 0 atom stereocenters. The lowest BCUT2D eigenvalue weighted by molar-refractivity contribution is -0.141.